The molecule has 0 spiro atoms. The minimum atomic E-state index is 0.258. The molecule has 0 aliphatic carbocycles. The van der Waals surface area contributed by atoms with Gasteiger partial charge in [0.25, 0.3) is 0 Å². The zero-order valence-corrected chi connectivity index (χ0v) is 11.2. The van der Waals surface area contributed by atoms with Crippen molar-refractivity contribution in [2.45, 2.75) is 38.6 Å². The van der Waals surface area contributed by atoms with Crippen LogP contribution in [-0.2, 0) is 6.42 Å². The lowest BCUT2D eigenvalue weighted by molar-refractivity contribution is 0.174. The van der Waals surface area contributed by atoms with Gasteiger partial charge in [-0.15, -0.1) is 0 Å². The van der Waals surface area contributed by atoms with Crippen LogP contribution in [0.4, 0.5) is 0 Å². The molecule has 0 amide bonds. The van der Waals surface area contributed by atoms with E-state index in [-0.39, 0.29) is 5.54 Å². The van der Waals surface area contributed by atoms with Crippen LogP contribution >= 0.6 is 0 Å². The monoisotopic (exact) mass is 247 g/mol. The number of nitrogens with one attached hydrogen (secondary N) is 1. The molecule has 2 aliphatic rings. The average molecular weight is 247 g/mol. The van der Waals surface area contributed by atoms with E-state index in [2.05, 4.69) is 31.3 Å². The molecule has 1 aromatic carbocycles. The zero-order valence-electron chi connectivity index (χ0n) is 11.2. The quantitative estimate of drug-likeness (QED) is 0.891. The van der Waals surface area contributed by atoms with Crippen LogP contribution in [-0.4, -0.2) is 18.9 Å². The third-order valence-electron chi connectivity index (χ3n) is 4.34. The van der Waals surface area contributed by atoms with E-state index in [1.54, 1.807) is 0 Å². The molecule has 2 heterocycles. The van der Waals surface area contributed by atoms with Gasteiger partial charge in [0.15, 0.2) is 11.5 Å². The summed E-state index contributed by atoms with van der Waals surface area (Å²) in [7, 11) is 0. The Labute approximate surface area is 108 Å². The van der Waals surface area contributed by atoms with Crippen LogP contribution in [0.2, 0.25) is 0 Å². The van der Waals surface area contributed by atoms with E-state index in [9.17, 15) is 0 Å². The van der Waals surface area contributed by atoms with E-state index in [1.165, 1.54) is 18.4 Å². The smallest absolute Gasteiger partial charge is 0.231 e. The number of hydrogen-bond donors (Lipinski definition) is 1. The predicted octanol–water partition coefficient (Wildman–Crippen LogP) is 2.74. The van der Waals surface area contributed by atoms with Gasteiger partial charge in [0.05, 0.1) is 0 Å². The molecule has 1 atom stereocenters. The second-order valence-electron chi connectivity index (χ2n) is 5.71. The van der Waals surface area contributed by atoms with E-state index >= 15 is 0 Å². The Morgan fingerprint density at radius 2 is 2.11 bits per heavy atom. The largest absolute Gasteiger partial charge is 0.454 e. The Morgan fingerprint density at radius 3 is 2.83 bits per heavy atom. The second kappa shape index (κ2) is 4.47. The van der Waals surface area contributed by atoms with Crippen LogP contribution in [0.5, 0.6) is 11.5 Å². The Balaban J connectivity index is 1.83. The summed E-state index contributed by atoms with van der Waals surface area (Å²) in [4.78, 5) is 0. The number of benzene rings is 1. The molecular formula is C15H21NO2. The highest BCUT2D eigenvalue weighted by molar-refractivity contribution is 5.45. The molecule has 3 rings (SSSR count). The zero-order chi connectivity index (χ0) is 12.6. The number of hydrogen-bond acceptors (Lipinski definition) is 3. The average Bonchev–Trinajstić information content (AvgIpc) is 2.97. The van der Waals surface area contributed by atoms with Gasteiger partial charge in [0.2, 0.25) is 6.79 Å². The third-order valence-corrected chi connectivity index (χ3v) is 4.34. The lowest BCUT2D eigenvalue weighted by atomic mass is 9.80. The molecule has 1 saturated heterocycles. The van der Waals surface area contributed by atoms with Gasteiger partial charge in [-0.3, -0.25) is 0 Å². The maximum atomic E-state index is 5.45. The first-order chi connectivity index (χ1) is 8.70. The lowest BCUT2D eigenvalue weighted by Crippen LogP contribution is -2.46. The molecule has 0 saturated carbocycles. The maximum absolute atomic E-state index is 5.45. The molecule has 1 aromatic rings. The van der Waals surface area contributed by atoms with Crippen molar-refractivity contribution < 1.29 is 9.47 Å². The summed E-state index contributed by atoms with van der Waals surface area (Å²) in [5.74, 6) is 2.41. The maximum Gasteiger partial charge on any atom is 0.231 e. The minimum absolute atomic E-state index is 0.258. The number of rotatable bonds is 3. The standard InChI is InChI=1S/C15H21NO2/c1-11(2)15(6-3-7-16-15)9-12-4-5-13-14(8-12)18-10-17-13/h4-5,8,11,16H,3,6-7,9-10H2,1-2H3. The normalized spacial score (nSPS) is 25.9. The SMILES string of the molecule is CC(C)C1(Cc2ccc3c(c2)OCO3)CCCN1. The third kappa shape index (κ3) is 1.97. The topological polar surface area (TPSA) is 30.5 Å². The summed E-state index contributed by atoms with van der Waals surface area (Å²) in [6, 6.07) is 6.32. The molecule has 0 radical (unpaired) electrons. The summed E-state index contributed by atoms with van der Waals surface area (Å²) < 4.78 is 10.8. The van der Waals surface area contributed by atoms with E-state index < -0.39 is 0 Å². The Bertz CT molecular complexity index is 436. The van der Waals surface area contributed by atoms with Crippen LogP contribution in [0.1, 0.15) is 32.3 Å². The molecule has 98 valence electrons. The molecular weight excluding hydrogens is 226 g/mol. The Kier molecular flexibility index (Phi) is 2.94. The van der Waals surface area contributed by atoms with Crippen LogP contribution in [0, 0.1) is 5.92 Å². The fourth-order valence-corrected chi connectivity index (χ4v) is 3.09. The van der Waals surface area contributed by atoms with Gasteiger partial charge in [-0.05, 0) is 49.4 Å². The van der Waals surface area contributed by atoms with Gasteiger partial charge < -0.3 is 14.8 Å². The summed E-state index contributed by atoms with van der Waals surface area (Å²) in [5, 5.41) is 3.71. The predicted molar refractivity (Wildman–Crippen MR) is 71.1 cm³/mol. The highest BCUT2D eigenvalue weighted by atomic mass is 16.7. The molecule has 3 nitrogen and oxygen atoms in total. The van der Waals surface area contributed by atoms with Crippen LogP contribution in [0.25, 0.3) is 0 Å². The van der Waals surface area contributed by atoms with Gasteiger partial charge in [-0.1, -0.05) is 19.9 Å². The fraction of sp³-hybridized carbons (Fsp3) is 0.600. The number of ether oxygens (including phenoxy) is 2. The van der Waals surface area contributed by atoms with Crippen LogP contribution < -0.4 is 14.8 Å². The van der Waals surface area contributed by atoms with Crippen molar-refractivity contribution in [1.82, 2.24) is 5.32 Å². The highest BCUT2D eigenvalue weighted by Crippen LogP contribution is 2.36. The van der Waals surface area contributed by atoms with Crippen LogP contribution in [0.3, 0.4) is 0 Å². The van der Waals surface area contributed by atoms with Crippen molar-refractivity contribution in [1.29, 1.82) is 0 Å². The van der Waals surface area contributed by atoms with Crippen LogP contribution in [0.15, 0.2) is 18.2 Å². The molecule has 0 aromatic heterocycles. The van der Waals surface area contributed by atoms with Crippen molar-refractivity contribution in [3.8, 4) is 11.5 Å². The van der Waals surface area contributed by atoms with Gasteiger partial charge >= 0.3 is 0 Å². The van der Waals surface area contributed by atoms with E-state index in [0.717, 1.165) is 24.5 Å². The highest BCUT2D eigenvalue weighted by Gasteiger charge is 2.36. The lowest BCUT2D eigenvalue weighted by Gasteiger charge is -2.34. The molecule has 0 bridgehead atoms. The summed E-state index contributed by atoms with van der Waals surface area (Å²) in [5.41, 5.74) is 1.59. The van der Waals surface area contributed by atoms with E-state index in [4.69, 9.17) is 9.47 Å². The molecule has 3 heteroatoms. The van der Waals surface area contributed by atoms with Gasteiger partial charge in [0.1, 0.15) is 0 Å². The Hall–Kier alpha value is -1.22. The van der Waals surface area contributed by atoms with Crippen molar-refractivity contribution in [2.75, 3.05) is 13.3 Å². The van der Waals surface area contributed by atoms with Crippen molar-refractivity contribution in [3.63, 3.8) is 0 Å². The molecule has 1 fully saturated rings. The second-order valence-corrected chi connectivity index (χ2v) is 5.71. The fourth-order valence-electron chi connectivity index (χ4n) is 3.09. The first-order valence-electron chi connectivity index (χ1n) is 6.83. The summed E-state index contributed by atoms with van der Waals surface area (Å²) in [6.07, 6.45) is 3.61. The first kappa shape index (κ1) is 11.8. The molecule has 2 aliphatic heterocycles. The molecule has 18 heavy (non-hydrogen) atoms. The number of fused-ring (bicyclic) bond motifs is 1. The van der Waals surface area contributed by atoms with Crippen molar-refractivity contribution >= 4 is 0 Å². The first-order valence-corrected chi connectivity index (χ1v) is 6.83. The van der Waals surface area contributed by atoms with Gasteiger partial charge in [0, 0.05) is 5.54 Å². The van der Waals surface area contributed by atoms with Crippen molar-refractivity contribution in [3.05, 3.63) is 23.8 Å². The summed E-state index contributed by atoms with van der Waals surface area (Å²) in [6.45, 7) is 6.12. The molecule has 1 unspecified atom stereocenters. The molecule has 1 N–H and O–H groups in total. The van der Waals surface area contributed by atoms with Crippen molar-refractivity contribution in [2.24, 2.45) is 5.92 Å². The van der Waals surface area contributed by atoms with E-state index in [0.29, 0.717) is 12.7 Å². The van der Waals surface area contributed by atoms with E-state index in [1.807, 2.05) is 6.07 Å². The van der Waals surface area contributed by atoms with Gasteiger partial charge in [-0.2, -0.15) is 0 Å². The minimum Gasteiger partial charge on any atom is -0.454 e. The summed E-state index contributed by atoms with van der Waals surface area (Å²) >= 11 is 0. The Morgan fingerprint density at radius 1 is 1.28 bits per heavy atom. The van der Waals surface area contributed by atoms with Gasteiger partial charge in [-0.25, -0.2) is 0 Å².